The summed E-state index contributed by atoms with van der Waals surface area (Å²) in [4.78, 5) is 0. The molecule has 0 aromatic heterocycles. The SMILES string of the molecule is CCCNC(Cc1ccccc1Br)c1ccc(F)c(Cl)c1. The van der Waals surface area contributed by atoms with Gasteiger partial charge in [-0.2, -0.15) is 0 Å². The molecule has 0 bridgehead atoms. The van der Waals surface area contributed by atoms with Crippen molar-refractivity contribution in [1.82, 2.24) is 5.32 Å². The van der Waals surface area contributed by atoms with Gasteiger partial charge in [-0.15, -0.1) is 0 Å². The summed E-state index contributed by atoms with van der Waals surface area (Å²) in [6.45, 7) is 3.03. The molecule has 0 aliphatic carbocycles. The van der Waals surface area contributed by atoms with Crippen molar-refractivity contribution in [3.05, 3.63) is 68.9 Å². The zero-order valence-electron chi connectivity index (χ0n) is 11.9. The lowest BCUT2D eigenvalue weighted by molar-refractivity contribution is 0.527. The molecule has 1 atom stereocenters. The predicted molar refractivity (Wildman–Crippen MR) is 90.3 cm³/mol. The van der Waals surface area contributed by atoms with Crippen LogP contribution in [0.15, 0.2) is 46.9 Å². The smallest absolute Gasteiger partial charge is 0.141 e. The Hall–Kier alpha value is -0.900. The van der Waals surface area contributed by atoms with Crippen LogP contribution in [0, 0.1) is 5.82 Å². The van der Waals surface area contributed by atoms with Crippen molar-refractivity contribution in [2.24, 2.45) is 0 Å². The largest absolute Gasteiger partial charge is 0.310 e. The van der Waals surface area contributed by atoms with Gasteiger partial charge in [-0.25, -0.2) is 4.39 Å². The van der Waals surface area contributed by atoms with Crippen molar-refractivity contribution in [3.63, 3.8) is 0 Å². The summed E-state index contributed by atoms with van der Waals surface area (Å²) < 4.78 is 14.4. The van der Waals surface area contributed by atoms with Crippen molar-refractivity contribution in [1.29, 1.82) is 0 Å². The molecule has 1 nitrogen and oxygen atoms in total. The van der Waals surface area contributed by atoms with E-state index in [-0.39, 0.29) is 16.9 Å². The zero-order chi connectivity index (χ0) is 15.2. The van der Waals surface area contributed by atoms with Gasteiger partial charge >= 0.3 is 0 Å². The fourth-order valence-corrected chi connectivity index (χ4v) is 2.88. The number of rotatable bonds is 6. The van der Waals surface area contributed by atoms with Gasteiger partial charge in [0.1, 0.15) is 5.82 Å². The fourth-order valence-electron chi connectivity index (χ4n) is 2.24. The van der Waals surface area contributed by atoms with Gasteiger partial charge in [-0.3, -0.25) is 0 Å². The average molecular weight is 371 g/mol. The minimum Gasteiger partial charge on any atom is -0.310 e. The Bertz CT molecular complexity index is 603. The van der Waals surface area contributed by atoms with Crippen LogP contribution in [0.2, 0.25) is 5.02 Å². The van der Waals surface area contributed by atoms with E-state index in [2.05, 4.69) is 34.2 Å². The van der Waals surface area contributed by atoms with Crippen LogP contribution < -0.4 is 5.32 Å². The van der Waals surface area contributed by atoms with Gasteiger partial charge in [0, 0.05) is 10.5 Å². The number of hydrogen-bond donors (Lipinski definition) is 1. The van der Waals surface area contributed by atoms with E-state index in [0.717, 1.165) is 29.4 Å². The van der Waals surface area contributed by atoms with Gasteiger partial charge in [0.2, 0.25) is 0 Å². The average Bonchev–Trinajstić information content (AvgIpc) is 2.48. The number of halogens is 3. The second-order valence-corrected chi connectivity index (χ2v) is 6.24. The van der Waals surface area contributed by atoms with E-state index >= 15 is 0 Å². The Balaban J connectivity index is 2.25. The molecule has 0 saturated heterocycles. The number of nitrogens with one attached hydrogen (secondary N) is 1. The highest BCUT2D eigenvalue weighted by Gasteiger charge is 2.14. The molecule has 0 fully saturated rings. The van der Waals surface area contributed by atoms with Crippen molar-refractivity contribution in [2.45, 2.75) is 25.8 Å². The zero-order valence-corrected chi connectivity index (χ0v) is 14.2. The van der Waals surface area contributed by atoms with Crippen molar-refractivity contribution < 1.29 is 4.39 Å². The first-order chi connectivity index (χ1) is 10.1. The quantitative estimate of drug-likeness (QED) is 0.705. The summed E-state index contributed by atoms with van der Waals surface area (Å²) in [6, 6.07) is 13.2. The monoisotopic (exact) mass is 369 g/mol. The lowest BCUT2D eigenvalue weighted by Gasteiger charge is -2.20. The molecule has 112 valence electrons. The third-order valence-corrected chi connectivity index (χ3v) is 4.43. The first-order valence-electron chi connectivity index (χ1n) is 7.03. The van der Waals surface area contributed by atoms with Gasteiger partial charge in [0.25, 0.3) is 0 Å². The van der Waals surface area contributed by atoms with Gasteiger partial charge < -0.3 is 5.32 Å². The molecule has 2 rings (SSSR count). The first-order valence-corrected chi connectivity index (χ1v) is 8.20. The molecule has 0 saturated carbocycles. The molecule has 4 heteroatoms. The highest BCUT2D eigenvalue weighted by atomic mass is 79.9. The van der Waals surface area contributed by atoms with E-state index in [0.29, 0.717) is 0 Å². The van der Waals surface area contributed by atoms with E-state index in [1.54, 1.807) is 12.1 Å². The summed E-state index contributed by atoms with van der Waals surface area (Å²) in [5, 5.41) is 3.68. The molecule has 1 unspecified atom stereocenters. The van der Waals surface area contributed by atoms with Crippen LogP contribution in [0.4, 0.5) is 4.39 Å². The summed E-state index contributed by atoms with van der Waals surface area (Å²) in [6.07, 6.45) is 1.87. The van der Waals surface area contributed by atoms with Crippen LogP contribution in [-0.2, 0) is 6.42 Å². The molecular weight excluding hydrogens is 353 g/mol. The third kappa shape index (κ3) is 4.53. The molecule has 0 aliphatic heterocycles. The highest BCUT2D eigenvalue weighted by molar-refractivity contribution is 9.10. The molecule has 0 amide bonds. The van der Waals surface area contributed by atoms with Crippen molar-refractivity contribution >= 4 is 27.5 Å². The molecule has 2 aromatic rings. The Morgan fingerprint density at radius 3 is 2.67 bits per heavy atom. The second kappa shape index (κ2) is 7.92. The Labute approximate surface area is 138 Å². The van der Waals surface area contributed by atoms with Gasteiger partial charge in [-0.05, 0) is 48.7 Å². The standard InChI is InChI=1S/C17H18BrClFN/c1-2-9-21-17(11-12-5-3-4-6-14(12)18)13-7-8-16(20)15(19)10-13/h3-8,10,17,21H,2,9,11H2,1H3. The molecule has 0 spiro atoms. The van der Waals surface area contributed by atoms with Crippen molar-refractivity contribution in [2.75, 3.05) is 6.54 Å². The van der Waals surface area contributed by atoms with E-state index in [1.807, 2.05) is 18.2 Å². The molecule has 0 aliphatic rings. The van der Waals surface area contributed by atoms with E-state index in [1.165, 1.54) is 11.6 Å². The topological polar surface area (TPSA) is 12.0 Å². The molecule has 0 radical (unpaired) electrons. The van der Waals surface area contributed by atoms with E-state index < -0.39 is 0 Å². The molecule has 2 aromatic carbocycles. The summed E-state index contributed by atoms with van der Waals surface area (Å²) in [7, 11) is 0. The lowest BCUT2D eigenvalue weighted by atomic mass is 9.98. The van der Waals surface area contributed by atoms with Crippen LogP contribution >= 0.6 is 27.5 Å². The number of hydrogen-bond acceptors (Lipinski definition) is 1. The maximum Gasteiger partial charge on any atom is 0.141 e. The van der Waals surface area contributed by atoms with E-state index in [4.69, 9.17) is 11.6 Å². The van der Waals surface area contributed by atoms with Crippen LogP contribution in [0.25, 0.3) is 0 Å². The van der Waals surface area contributed by atoms with Crippen LogP contribution in [0.3, 0.4) is 0 Å². The minimum absolute atomic E-state index is 0.113. The van der Waals surface area contributed by atoms with Crippen LogP contribution in [0.1, 0.15) is 30.5 Å². The van der Waals surface area contributed by atoms with Gasteiger partial charge in [0.05, 0.1) is 5.02 Å². The van der Waals surface area contributed by atoms with Crippen LogP contribution in [0.5, 0.6) is 0 Å². The fraction of sp³-hybridized carbons (Fsp3) is 0.294. The van der Waals surface area contributed by atoms with E-state index in [9.17, 15) is 4.39 Å². The normalized spacial score (nSPS) is 12.4. The summed E-state index contributed by atoms with van der Waals surface area (Å²) in [5.74, 6) is -0.379. The molecular formula is C17H18BrClFN. The predicted octanol–water partition coefficient (Wildman–Crippen LogP) is 5.53. The lowest BCUT2D eigenvalue weighted by Crippen LogP contribution is -2.24. The number of benzene rings is 2. The Morgan fingerprint density at radius 1 is 1.24 bits per heavy atom. The van der Waals surface area contributed by atoms with Crippen LogP contribution in [-0.4, -0.2) is 6.54 Å². The third-order valence-electron chi connectivity index (χ3n) is 3.37. The van der Waals surface area contributed by atoms with Gasteiger partial charge in [-0.1, -0.05) is 58.7 Å². The first kappa shape index (κ1) is 16.5. The summed E-state index contributed by atoms with van der Waals surface area (Å²) >= 11 is 9.49. The van der Waals surface area contributed by atoms with Gasteiger partial charge in [0.15, 0.2) is 0 Å². The van der Waals surface area contributed by atoms with Crippen molar-refractivity contribution in [3.8, 4) is 0 Å². The molecule has 0 heterocycles. The summed E-state index contributed by atoms with van der Waals surface area (Å²) in [5.41, 5.74) is 2.22. The second-order valence-electron chi connectivity index (χ2n) is 4.98. The molecule has 21 heavy (non-hydrogen) atoms. The Kier molecular flexibility index (Phi) is 6.22. The minimum atomic E-state index is -0.379. The Morgan fingerprint density at radius 2 is 2.00 bits per heavy atom. The maximum atomic E-state index is 13.3. The maximum absolute atomic E-state index is 13.3. The highest BCUT2D eigenvalue weighted by Crippen LogP contribution is 2.26. The molecule has 1 N–H and O–H groups in total.